The second-order valence-corrected chi connectivity index (χ2v) is 7.15. The fraction of sp³-hybridized carbons (Fsp3) is 0.333. The molecule has 25 heavy (non-hydrogen) atoms. The highest BCUT2D eigenvalue weighted by Crippen LogP contribution is 2.33. The van der Waals surface area contributed by atoms with Gasteiger partial charge >= 0.3 is 6.18 Å². The van der Waals surface area contributed by atoms with E-state index in [-0.39, 0.29) is 0 Å². The van der Waals surface area contributed by atoms with E-state index in [0.29, 0.717) is 16.9 Å². The van der Waals surface area contributed by atoms with E-state index in [9.17, 15) is 13.2 Å². The largest absolute Gasteiger partial charge is 0.416 e. The van der Waals surface area contributed by atoms with Crippen molar-refractivity contribution in [2.45, 2.75) is 25.4 Å². The number of nitrogens with zero attached hydrogens (tertiary/aromatic N) is 3. The lowest BCUT2D eigenvalue weighted by atomic mass is 10.1. The summed E-state index contributed by atoms with van der Waals surface area (Å²) in [6.45, 7) is 2.04. The molecule has 1 aliphatic heterocycles. The molecule has 1 aliphatic rings. The number of thiazole rings is 1. The SMILES string of the molecule is FC(F)(F)c1ccc(-c2ccc3sc(N4CCCCC4)nc3n2)cc1. The fourth-order valence-corrected chi connectivity index (χ4v) is 3.98. The number of benzene rings is 1. The molecule has 4 rings (SSSR count). The Kier molecular flexibility index (Phi) is 4.11. The lowest BCUT2D eigenvalue weighted by molar-refractivity contribution is -0.137. The molecule has 0 atom stereocenters. The lowest BCUT2D eigenvalue weighted by Gasteiger charge is -2.25. The number of fused-ring (bicyclic) bond motifs is 1. The van der Waals surface area contributed by atoms with Crippen LogP contribution in [0.3, 0.4) is 0 Å². The van der Waals surface area contributed by atoms with Crippen LogP contribution in [-0.4, -0.2) is 23.1 Å². The van der Waals surface area contributed by atoms with Gasteiger partial charge in [-0.1, -0.05) is 23.5 Å². The predicted molar refractivity (Wildman–Crippen MR) is 93.9 cm³/mol. The van der Waals surface area contributed by atoms with Gasteiger partial charge in [0.2, 0.25) is 0 Å². The van der Waals surface area contributed by atoms with Crippen LogP contribution < -0.4 is 4.90 Å². The monoisotopic (exact) mass is 363 g/mol. The molecule has 130 valence electrons. The lowest BCUT2D eigenvalue weighted by Crippen LogP contribution is -2.29. The van der Waals surface area contributed by atoms with Crippen LogP contribution in [0.2, 0.25) is 0 Å². The highest BCUT2D eigenvalue weighted by molar-refractivity contribution is 7.22. The van der Waals surface area contributed by atoms with Crippen molar-refractivity contribution >= 4 is 26.8 Å². The summed E-state index contributed by atoms with van der Waals surface area (Å²) in [6.07, 6.45) is -0.702. The minimum atomic E-state index is -4.33. The van der Waals surface area contributed by atoms with Gasteiger partial charge in [-0.25, -0.2) is 4.98 Å². The Labute approximate surface area is 147 Å². The van der Waals surface area contributed by atoms with E-state index >= 15 is 0 Å². The van der Waals surface area contributed by atoms with Crippen LogP contribution in [0.25, 0.3) is 21.6 Å². The van der Waals surface area contributed by atoms with Gasteiger partial charge in [-0.3, -0.25) is 0 Å². The third-order valence-electron chi connectivity index (χ3n) is 4.38. The van der Waals surface area contributed by atoms with Gasteiger partial charge in [0.15, 0.2) is 10.8 Å². The highest BCUT2D eigenvalue weighted by atomic mass is 32.1. The molecule has 0 radical (unpaired) electrons. The molecule has 0 saturated carbocycles. The zero-order chi connectivity index (χ0) is 17.4. The van der Waals surface area contributed by atoms with Gasteiger partial charge in [0.1, 0.15) is 0 Å². The van der Waals surface area contributed by atoms with Gasteiger partial charge in [-0.15, -0.1) is 0 Å². The summed E-state index contributed by atoms with van der Waals surface area (Å²) in [5, 5.41) is 0.978. The quantitative estimate of drug-likeness (QED) is 0.613. The zero-order valence-corrected chi connectivity index (χ0v) is 14.2. The van der Waals surface area contributed by atoms with Crippen molar-refractivity contribution in [3.05, 3.63) is 42.0 Å². The fourth-order valence-electron chi connectivity index (χ4n) is 3.02. The number of anilines is 1. The van der Waals surface area contributed by atoms with E-state index in [2.05, 4.69) is 14.9 Å². The molecule has 0 N–H and O–H groups in total. The minimum Gasteiger partial charge on any atom is -0.348 e. The summed E-state index contributed by atoms with van der Waals surface area (Å²) in [5.41, 5.74) is 1.29. The predicted octanol–water partition coefficient (Wildman–Crippen LogP) is 5.37. The molecule has 0 bridgehead atoms. The molecule has 3 aromatic rings. The second-order valence-electron chi connectivity index (χ2n) is 6.14. The summed E-state index contributed by atoms with van der Waals surface area (Å²) in [7, 11) is 0. The summed E-state index contributed by atoms with van der Waals surface area (Å²) in [4.78, 5) is 11.5. The van der Waals surface area contributed by atoms with Gasteiger partial charge < -0.3 is 4.90 Å². The maximum Gasteiger partial charge on any atom is 0.416 e. The average molecular weight is 363 g/mol. The molecule has 1 aromatic carbocycles. The normalized spacial score (nSPS) is 15.7. The van der Waals surface area contributed by atoms with Gasteiger partial charge in [-0.2, -0.15) is 18.2 Å². The molecule has 3 heterocycles. The summed E-state index contributed by atoms with van der Waals surface area (Å²) in [5.74, 6) is 0. The van der Waals surface area contributed by atoms with Gasteiger partial charge in [0, 0.05) is 18.7 Å². The highest BCUT2D eigenvalue weighted by Gasteiger charge is 2.30. The minimum absolute atomic E-state index is 0.636. The van der Waals surface area contributed by atoms with Gasteiger partial charge in [0.25, 0.3) is 0 Å². The standard InChI is InChI=1S/C18H16F3N3S/c19-18(20,21)13-6-4-12(5-7-13)14-8-9-15-16(22-14)23-17(25-15)24-10-2-1-3-11-24/h4-9H,1-3,10-11H2. The van der Waals surface area contributed by atoms with Crippen molar-refractivity contribution in [2.75, 3.05) is 18.0 Å². The number of pyridine rings is 1. The summed E-state index contributed by atoms with van der Waals surface area (Å²) < 4.78 is 39.0. The number of hydrogen-bond acceptors (Lipinski definition) is 4. The third-order valence-corrected chi connectivity index (χ3v) is 5.45. The first-order chi connectivity index (χ1) is 12.0. The van der Waals surface area contributed by atoms with Crippen molar-refractivity contribution in [3.8, 4) is 11.3 Å². The third kappa shape index (κ3) is 3.33. The first-order valence-electron chi connectivity index (χ1n) is 8.21. The van der Waals surface area contributed by atoms with Crippen LogP contribution >= 0.6 is 11.3 Å². The molecule has 0 aliphatic carbocycles. The van der Waals surface area contributed by atoms with Crippen LogP contribution in [0.1, 0.15) is 24.8 Å². The number of rotatable bonds is 2. The van der Waals surface area contributed by atoms with Crippen molar-refractivity contribution in [3.63, 3.8) is 0 Å². The van der Waals surface area contributed by atoms with Crippen LogP contribution in [0.15, 0.2) is 36.4 Å². The van der Waals surface area contributed by atoms with E-state index in [1.165, 1.54) is 31.4 Å². The molecule has 1 saturated heterocycles. The molecule has 1 fully saturated rings. The first-order valence-corrected chi connectivity index (χ1v) is 9.02. The van der Waals surface area contributed by atoms with Crippen molar-refractivity contribution in [1.82, 2.24) is 9.97 Å². The Bertz CT molecular complexity index is 881. The number of aromatic nitrogens is 2. The van der Waals surface area contributed by atoms with Crippen molar-refractivity contribution in [2.24, 2.45) is 0 Å². The number of piperidine rings is 1. The number of halogens is 3. The van der Waals surface area contributed by atoms with Gasteiger partial charge in [-0.05, 0) is 43.5 Å². The van der Waals surface area contributed by atoms with E-state index in [1.54, 1.807) is 11.3 Å². The molecule has 7 heteroatoms. The topological polar surface area (TPSA) is 29.0 Å². The van der Waals surface area contributed by atoms with Crippen molar-refractivity contribution < 1.29 is 13.2 Å². The van der Waals surface area contributed by atoms with Crippen LogP contribution in [0, 0.1) is 0 Å². The Hall–Kier alpha value is -2.15. The average Bonchev–Trinajstić information content (AvgIpc) is 3.05. The van der Waals surface area contributed by atoms with Crippen LogP contribution in [0.4, 0.5) is 18.3 Å². The molecule has 0 unspecified atom stereocenters. The van der Waals surface area contributed by atoms with E-state index in [1.807, 2.05) is 12.1 Å². The van der Waals surface area contributed by atoms with Gasteiger partial charge in [0.05, 0.1) is 16.0 Å². The van der Waals surface area contributed by atoms with E-state index < -0.39 is 11.7 Å². The molecule has 0 spiro atoms. The molecular weight excluding hydrogens is 347 g/mol. The number of hydrogen-bond donors (Lipinski definition) is 0. The maximum atomic E-state index is 12.7. The number of alkyl halides is 3. The van der Waals surface area contributed by atoms with Crippen LogP contribution in [0.5, 0.6) is 0 Å². The smallest absolute Gasteiger partial charge is 0.348 e. The molecular formula is C18H16F3N3S. The zero-order valence-electron chi connectivity index (χ0n) is 13.4. The van der Waals surface area contributed by atoms with Crippen LogP contribution in [-0.2, 0) is 6.18 Å². The first kappa shape index (κ1) is 16.3. The van der Waals surface area contributed by atoms with Crippen molar-refractivity contribution in [1.29, 1.82) is 0 Å². The summed E-state index contributed by atoms with van der Waals surface area (Å²) in [6, 6.07) is 8.86. The Balaban J connectivity index is 1.64. The second kappa shape index (κ2) is 6.29. The van der Waals surface area contributed by atoms with E-state index in [0.717, 1.165) is 35.1 Å². The van der Waals surface area contributed by atoms with E-state index in [4.69, 9.17) is 0 Å². The Morgan fingerprint density at radius 2 is 1.60 bits per heavy atom. The molecule has 0 amide bonds. The molecule has 2 aromatic heterocycles. The molecule has 3 nitrogen and oxygen atoms in total. The Morgan fingerprint density at radius 3 is 2.28 bits per heavy atom. The summed E-state index contributed by atoms with van der Waals surface area (Å²) >= 11 is 1.62. The Morgan fingerprint density at radius 1 is 0.880 bits per heavy atom. The maximum absolute atomic E-state index is 12.7.